The maximum absolute atomic E-state index is 13.4. The Kier molecular flexibility index (Phi) is 8.22. The third-order valence-corrected chi connectivity index (χ3v) is 9.27. The molecule has 1 amide bonds. The van der Waals surface area contributed by atoms with Gasteiger partial charge in [0.15, 0.2) is 0 Å². The molecule has 2 aliphatic rings. The topological polar surface area (TPSA) is 78.5 Å². The van der Waals surface area contributed by atoms with Gasteiger partial charge in [-0.1, -0.05) is 42.3 Å². The molecule has 4 rings (SSSR count). The maximum Gasteiger partial charge on any atom is 0.243 e. The van der Waals surface area contributed by atoms with Crippen LogP contribution in [0.1, 0.15) is 87.6 Å². The summed E-state index contributed by atoms with van der Waals surface area (Å²) in [5.74, 6) is -0.0673. The summed E-state index contributed by atoms with van der Waals surface area (Å²) in [4.78, 5) is 13.5. The number of aryl methyl sites for hydroxylation is 2. The Labute approximate surface area is 216 Å². The van der Waals surface area contributed by atoms with Gasteiger partial charge < -0.3 is 10.6 Å². The molecular formula is C29H41N3O3S. The summed E-state index contributed by atoms with van der Waals surface area (Å²) in [5, 5.41) is 6.78. The van der Waals surface area contributed by atoms with E-state index in [1.807, 2.05) is 19.1 Å². The Morgan fingerprint density at radius 3 is 2.50 bits per heavy atom. The van der Waals surface area contributed by atoms with E-state index in [4.69, 9.17) is 0 Å². The average Bonchev–Trinajstić information content (AvgIpc) is 2.83. The van der Waals surface area contributed by atoms with Gasteiger partial charge in [0.2, 0.25) is 15.9 Å². The van der Waals surface area contributed by atoms with Gasteiger partial charge in [0, 0.05) is 31.1 Å². The Morgan fingerprint density at radius 1 is 1.03 bits per heavy atom. The van der Waals surface area contributed by atoms with Crippen molar-refractivity contribution in [3.05, 3.63) is 64.7 Å². The standard InChI is InChI=1S/C29H41N3O3S/c1-21-11-14-25(15-12-21)36(34,35)32-17-6-5-9-24(32)19-28(33)31-27-10-7-8-23-18-22(13-16-26(23)27)20-30-29(2,3)4/h11-16,18,24,27,30H,5-10,17,19-20H2,1-4H3,(H,31,33)/t24?,27-/m1/s1. The fraction of sp³-hybridized carbons (Fsp3) is 0.552. The third-order valence-electron chi connectivity index (χ3n) is 7.30. The Bertz CT molecular complexity index is 1170. The summed E-state index contributed by atoms with van der Waals surface area (Å²) in [6.45, 7) is 9.72. The number of benzene rings is 2. The normalized spacial score (nSPS) is 21.1. The predicted octanol–water partition coefficient (Wildman–Crippen LogP) is 5.01. The first-order chi connectivity index (χ1) is 17.0. The number of sulfonamides is 1. The van der Waals surface area contributed by atoms with Gasteiger partial charge in [-0.2, -0.15) is 4.31 Å². The lowest BCUT2D eigenvalue weighted by Crippen LogP contribution is -2.46. The van der Waals surface area contributed by atoms with Crippen LogP contribution in [0, 0.1) is 6.92 Å². The molecule has 0 aromatic heterocycles. The molecule has 36 heavy (non-hydrogen) atoms. The molecule has 1 saturated heterocycles. The molecule has 1 aliphatic carbocycles. The highest BCUT2D eigenvalue weighted by atomic mass is 32.2. The molecule has 1 aliphatic heterocycles. The van der Waals surface area contributed by atoms with Crippen LogP contribution in [0.3, 0.4) is 0 Å². The van der Waals surface area contributed by atoms with E-state index in [-0.39, 0.29) is 30.0 Å². The predicted molar refractivity (Wildman–Crippen MR) is 144 cm³/mol. The first kappa shape index (κ1) is 26.8. The summed E-state index contributed by atoms with van der Waals surface area (Å²) < 4.78 is 28.3. The van der Waals surface area contributed by atoms with E-state index in [1.54, 1.807) is 16.4 Å². The molecule has 2 atom stereocenters. The lowest BCUT2D eigenvalue weighted by Gasteiger charge is -2.35. The minimum absolute atomic E-state index is 0.0170. The molecule has 2 aromatic carbocycles. The zero-order chi connectivity index (χ0) is 25.9. The van der Waals surface area contributed by atoms with E-state index in [9.17, 15) is 13.2 Å². The molecule has 0 bridgehead atoms. The van der Waals surface area contributed by atoms with Gasteiger partial charge in [-0.05, 0) is 88.6 Å². The van der Waals surface area contributed by atoms with Crippen molar-refractivity contribution in [3.63, 3.8) is 0 Å². The molecule has 0 spiro atoms. The number of carbonyl (C=O) groups excluding carboxylic acids is 1. The summed E-state index contributed by atoms with van der Waals surface area (Å²) in [5.41, 5.74) is 4.85. The van der Waals surface area contributed by atoms with Gasteiger partial charge in [0.05, 0.1) is 10.9 Å². The van der Waals surface area contributed by atoms with Crippen LogP contribution in [0.25, 0.3) is 0 Å². The van der Waals surface area contributed by atoms with E-state index in [0.717, 1.165) is 44.2 Å². The third kappa shape index (κ3) is 6.55. The van der Waals surface area contributed by atoms with Crippen molar-refractivity contribution in [3.8, 4) is 0 Å². The summed E-state index contributed by atoms with van der Waals surface area (Å²) in [7, 11) is -3.63. The molecule has 1 heterocycles. The van der Waals surface area contributed by atoms with E-state index in [0.29, 0.717) is 17.9 Å². The Hall–Kier alpha value is -2.22. The van der Waals surface area contributed by atoms with E-state index >= 15 is 0 Å². The maximum atomic E-state index is 13.4. The first-order valence-electron chi connectivity index (χ1n) is 13.3. The number of carbonyl (C=O) groups is 1. The van der Waals surface area contributed by atoms with Crippen molar-refractivity contribution in [2.24, 2.45) is 0 Å². The summed E-state index contributed by atoms with van der Waals surface area (Å²) in [6, 6.07) is 13.2. The van der Waals surface area contributed by atoms with Crippen molar-refractivity contribution in [2.75, 3.05) is 6.54 Å². The van der Waals surface area contributed by atoms with Gasteiger partial charge in [0.1, 0.15) is 0 Å². The first-order valence-corrected chi connectivity index (χ1v) is 14.7. The number of nitrogens with zero attached hydrogens (tertiary/aromatic N) is 1. The molecule has 2 aromatic rings. The lowest BCUT2D eigenvalue weighted by atomic mass is 9.86. The van der Waals surface area contributed by atoms with Crippen molar-refractivity contribution >= 4 is 15.9 Å². The molecule has 196 valence electrons. The van der Waals surface area contributed by atoms with Gasteiger partial charge in [0.25, 0.3) is 0 Å². The molecule has 7 heteroatoms. The number of piperidine rings is 1. The Balaban J connectivity index is 1.43. The second-order valence-corrected chi connectivity index (χ2v) is 13.3. The number of amides is 1. The fourth-order valence-corrected chi connectivity index (χ4v) is 6.99. The van der Waals surface area contributed by atoms with Crippen LogP contribution < -0.4 is 10.6 Å². The number of nitrogens with one attached hydrogen (secondary N) is 2. The number of hydrogen-bond acceptors (Lipinski definition) is 4. The summed E-state index contributed by atoms with van der Waals surface area (Å²) in [6.07, 6.45) is 5.64. The van der Waals surface area contributed by atoms with Crippen LogP contribution in [0.5, 0.6) is 0 Å². The fourth-order valence-electron chi connectivity index (χ4n) is 5.30. The number of hydrogen-bond donors (Lipinski definition) is 2. The highest BCUT2D eigenvalue weighted by molar-refractivity contribution is 7.89. The van der Waals surface area contributed by atoms with Gasteiger partial charge in [-0.25, -0.2) is 8.42 Å². The molecular weight excluding hydrogens is 470 g/mol. The average molecular weight is 512 g/mol. The van der Waals surface area contributed by atoms with Crippen molar-refractivity contribution < 1.29 is 13.2 Å². The lowest BCUT2D eigenvalue weighted by molar-refractivity contribution is -0.123. The van der Waals surface area contributed by atoms with E-state index in [1.165, 1.54) is 16.7 Å². The van der Waals surface area contributed by atoms with Crippen molar-refractivity contribution in [2.45, 2.75) is 102 Å². The smallest absolute Gasteiger partial charge is 0.243 e. The minimum Gasteiger partial charge on any atom is -0.349 e. The van der Waals surface area contributed by atoms with Crippen molar-refractivity contribution in [1.82, 2.24) is 14.9 Å². The number of rotatable bonds is 7. The zero-order valence-electron chi connectivity index (χ0n) is 22.1. The van der Waals surface area contributed by atoms with E-state index in [2.05, 4.69) is 49.6 Å². The molecule has 6 nitrogen and oxygen atoms in total. The highest BCUT2D eigenvalue weighted by Gasteiger charge is 2.35. The van der Waals surface area contributed by atoms with Crippen LogP contribution in [0.4, 0.5) is 0 Å². The number of fused-ring (bicyclic) bond motifs is 1. The molecule has 1 fully saturated rings. The van der Waals surface area contributed by atoms with Crippen LogP contribution in [0.2, 0.25) is 0 Å². The monoisotopic (exact) mass is 511 g/mol. The van der Waals surface area contributed by atoms with E-state index < -0.39 is 10.0 Å². The van der Waals surface area contributed by atoms with Gasteiger partial charge in [-0.15, -0.1) is 0 Å². The van der Waals surface area contributed by atoms with Gasteiger partial charge >= 0.3 is 0 Å². The SMILES string of the molecule is Cc1ccc(S(=O)(=O)N2CCCCC2CC(=O)N[C@@H]2CCCc3cc(CNC(C)(C)C)ccc32)cc1. The molecule has 0 radical (unpaired) electrons. The highest BCUT2D eigenvalue weighted by Crippen LogP contribution is 2.32. The van der Waals surface area contributed by atoms with Crippen LogP contribution in [-0.4, -0.2) is 36.8 Å². The molecule has 2 N–H and O–H groups in total. The Morgan fingerprint density at radius 2 is 1.78 bits per heavy atom. The second kappa shape index (κ2) is 11.0. The zero-order valence-corrected chi connectivity index (χ0v) is 23.0. The summed E-state index contributed by atoms with van der Waals surface area (Å²) >= 11 is 0. The van der Waals surface area contributed by atoms with Crippen molar-refractivity contribution in [1.29, 1.82) is 0 Å². The van der Waals surface area contributed by atoms with Crippen LogP contribution in [0.15, 0.2) is 47.4 Å². The second-order valence-electron chi connectivity index (χ2n) is 11.4. The van der Waals surface area contributed by atoms with Gasteiger partial charge in [-0.3, -0.25) is 4.79 Å². The minimum atomic E-state index is -3.63. The molecule has 0 saturated carbocycles. The molecule has 1 unspecified atom stereocenters. The largest absolute Gasteiger partial charge is 0.349 e. The quantitative estimate of drug-likeness (QED) is 0.548. The van der Waals surface area contributed by atoms with Crippen LogP contribution in [-0.2, 0) is 27.8 Å². The van der Waals surface area contributed by atoms with Crippen LogP contribution >= 0.6 is 0 Å².